The van der Waals surface area contributed by atoms with Crippen LogP contribution in [-0.2, 0) is 19.1 Å². The fraction of sp³-hybridized carbons (Fsp3) is 0.840. The Balaban J connectivity index is 4.62. The zero-order valence-electron chi connectivity index (χ0n) is 21.7. The van der Waals surface area contributed by atoms with E-state index < -0.39 is 48.6 Å². The van der Waals surface area contributed by atoms with Crippen LogP contribution in [0.3, 0.4) is 0 Å². The molecule has 0 radical (unpaired) electrons. The molecule has 1 unspecified atom stereocenters. The number of nitrogens with one attached hydrogen (secondary N) is 1. The van der Waals surface area contributed by atoms with Crippen LogP contribution in [0, 0.1) is 0 Å². The van der Waals surface area contributed by atoms with Crippen molar-refractivity contribution in [2.75, 3.05) is 13.1 Å². The first-order chi connectivity index (χ1) is 16.0. The number of nitrogens with two attached hydrogens (primary N) is 1. The SMILES string of the molecule is CCCCCCCCCCCCCCC(C(N)=O)N(CC(=O)NCC(=O)O)C(=O)OC(C)(C)C. The molecule has 4 N–H and O–H groups in total. The maximum atomic E-state index is 12.7. The lowest BCUT2D eigenvalue weighted by atomic mass is 10.0. The number of ether oxygens (including phenoxy) is 1. The van der Waals surface area contributed by atoms with Crippen molar-refractivity contribution in [2.24, 2.45) is 5.73 Å². The Morgan fingerprint density at radius 2 is 1.35 bits per heavy atom. The highest BCUT2D eigenvalue weighted by molar-refractivity contribution is 5.89. The fourth-order valence-electron chi connectivity index (χ4n) is 3.64. The molecular weight excluding hydrogens is 438 g/mol. The molecule has 0 saturated heterocycles. The Morgan fingerprint density at radius 1 is 0.882 bits per heavy atom. The van der Waals surface area contributed by atoms with E-state index in [-0.39, 0.29) is 0 Å². The Bertz CT molecular complexity index is 618. The molecule has 0 aliphatic rings. The number of primary amides is 1. The van der Waals surface area contributed by atoms with Gasteiger partial charge in [-0.1, -0.05) is 84.0 Å². The number of unbranched alkanes of at least 4 members (excludes halogenated alkanes) is 11. The van der Waals surface area contributed by atoms with E-state index in [1.54, 1.807) is 20.8 Å². The molecule has 198 valence electrons. The summed E-state index contributed by atoms with van der Waals surface area (Å²) in [5.41, 5.74) is 4.73. The average Bonchev–Trinajstić information content (AvgIpc) is 2.73. The molecular formula is C25H47N3O6. The number of rotatable bonds is 19. The number of aliphatic carboxylic acids is 1. The molecule has 9 nitrogen and oxygen atoms in total. The highest BCUT2D eigenvalue weighted by Gasteiger charge is 2.33. The summed E-state index contributed by atoms with van der Waals surface area (Å²) in [5, 5.41) is 10.9. The maximum absolute atomic E-state index is 12.7. The largest absolute Gasteiger partial charge is 0.480 e. The average molecular weight is 486 g/mol. The number of carbonyl (C=O) groups excluding carboxylic acids is 3. The summed E-state index contributed by atoms with van der Waals surface area (Å²) in [6.45, 7) is 6.17. The van der Waals surface area contributed by atoms with Crippen LogP contribution in [0.5, 0.6) is 0 Å². The summed E-state index contributed by atoms with van der Waals surface area (Å²) in [5.74, 6) is -2.63. The van der Waals surface area contributed by atoms with Gasteiger partial charge < -0.3 is 20.9 Å². The van der Waals surface area contributed by atoms with Crippen LogP contribution in [0.1, 0.15) is 111 Å². The van der Waals surface area contributed by atoms with E-state index in [1.807, 2.05) is 0 Å². The predicted molar refractivity (Wildman–Crippen MR) is 132 cm³/mol. The molecule has 0 spiro atoms. The van der Waals surface area contributed by atoms with Crippen molar-refractivity contribution in [3.05, 3.63) is 0 Å². The van der Waals surface area contributed by atoms with E-state index in [2.05, 4.69) is 12.2 Å². The maximum Gasteiger partial charge on any atom is 0.411 e. The molecule has 0 bridgehead atoms. The van der Waals surface area contributed by atoms with E-state index in [9.17, 15) is 19.2 Å². The monoisotopic (exact) mass is 485 g/mol. The number of hydrogen-bond donors (Lipinski definition) is 3. The first-order valence-electron chi connectivity index (χ1n) is 12.7. The topological polar surface area (TPSA) is 139 Å². The van der Waals surface area contributed by atoms with E-state index >= 15 is 0 Å². The van der Waals surface area contributed by atoms with E-state index in [0.717, 1.165) is 24.2 Å². The van der Waals surface area contributed by atoms with E-state index in [0.29, 0.717) is 12.8 Å². The minimum Gasteiger partial charge on any atom is -0.480 e. The summed E-state index contributed by atoms with van der Waals surface area (Å²) >= 11 is 0. The molecule has 9 heteroatoms. The van der Waals surface area contributed by atoms with Crippen LogP contribution in [0.2, 0.25) is 0 Å². The lowest BCUT2D eigenvalue weighted by molar-refractivity contribution is -0.138. The van der Waals surface area contributed by atoms with Crippen LogP contribution in [0.15, 0.2) is 0 Å². The molecule has 0 rings (SSSR count). The molecule has 0 aliphatic heterocycles. The summed E-state index contributed by atoms with van der Waals surface area (Å²) in [6.07, 6.45) is 13.5. The van der Waals surface area contributed by atoms with Gasteiger partial charge in [-0.05, 0) is 27.2 Å². The molecule has 0 fully saturated rings. The first-order valence-corrected chi connectivity index (χ1v) is 12.7. The molecule has 0 aromatic carbocycles. The van der Waals surface area contributed by atoms with Crippen molar-refractivity contribution in [1.29, 1.82) is 0 Å². The number of amides is 3. The molecule has 0 aliphatic carbocycles. The van der Waals surface area contributed by atoms with E-state index in [1.165, 1.54) is 51.4 Å². The minimum absolute atomic E-state index is 0.318. The van der Waals surface area contributed by atoms with E-state index in [4.69, 9.17) is 15.6 Å². The van der Waals surface area contributed by atoms with Crippen molar-refractivity contribution in [1.82, 2.24) is 10.2 Å². The van der Waals surface area contributed by atoms with Gasteiger partial charge in [0.15, 0.2) is 0 Å². The number of carboxylic acid groups (broad SMARTS) is 1. The van der Waals surface area contributed by atoms with Crippen LogP contribution in [0.4, 0.5) is 4.79 Å². The van der Waals surface area contributed by atoms with Crippen molar-refractivity contribution in [3.63, 3.8) is 0 Å². The number of nitrogens with zero attached hydrogens (tertiary/aromatic N) is 1. The van der Waals surface area contributed by atoms with Crippen LogP contribution in [0.25, 0.3) is 0 Å². The standard InChI is InChI=1S/C25H47N3O6/c1-5-6-7-8-9-10-11-12-13-14-15-16-17-20(23(26)32)28(24(33)34-25(2,3)4)19-21(29)27-18-22(30)31/h20H,5-19H2,1-4H3,(H2,26,32)(H,27,29)(H,30,31). The van der Waals surface area contributed by atoms with Gasteiger partial charge in [0.2, 0.25) is 11.8 Å². The molecule has 1 atom stereocenters. The fourth-order valence-corrected chi connectivity index (χ4v) is 3.64. The Hall–Kier alpha value is -2.32. The molecule has 0 aromatic heterocycles. The zero-order valence-corrected chi connectivity index (χ0v) is 21.7. The summed E-state index contributed by atoms with van der Waals surface area (Å²) in [6, 6.07) is -1.01. The lowest BCUT2D eigenvalue weighted by Gasteiger charge is -2.31. The van der Waals surface area contributed by atoms with Gasteiger partial charge in [0.05, 0.1) is 0 Å². The van der Waals surface area contributed by atoms with Crippen LogP contribution >= 0.6 is 0 Å². The lowest BCUT2D eigenvalue weighted by Crippen LogP contribution is -2.53. The van der Waals surface area contributed by atoms with Crippen LogP contribution < -0.4 is 11.1 Å². The van der Waals surface area contributed by atoms with Crippen LogP contribution in [-0.4, -0.2) is 58.6 Å². The third-order valence-corrected chi connectivity index (χ3v) is 5.41. The third kappa shape index (κ3) is 17.2. The summed E-state index contributed by atoms with van der Waals surface area (Å²) in [7, 11) is 0. The van der Waals surface area contributed by atoms with Crippen molar-refractivity contribution < 1.29 is 29.0 Å². The van der Waals surface area contributed by atoms with Crippen molar-refractivity contribution in [3.8, 4) is 0 Å². The normalized spacial score (nSPS) is 12.1. The Labute approximate surface area is 205 Å². The quantitative estimate of drug-likeness (QED) is 0.232. The number of carbonyl (C=O) groups is 4. The Kier molecular flexibility index (Phi) is 16.8. The summed E-state index contributed by atoms with van der Waals surface area (Å²) < 4.78 is 5.35. The number of carboxylic acids is 1. The predicted octanol–water partition coefficient (Wildman–Crippen LogP) is 4.37. The molecule has 3 amide bonds. The van der Waals surface area contributed by atoms with Gasteiger partial charge in [0.1, 0.15) is 24.7 Å². The summed E-state index contributed by atoms with van der Waals surface area (Å²) in [4.78, 5) is 48.7. The zero-order chi connectivity index (χ0) is 26.0. The first kappa shape index (κ1) is 31.7. The smallest absolute Gasteiger partial charge is 0.411 e. The minimum atomic E-state index is -1.21. The third-order valence-electron chi connectivity index (χ3n) is 5.41. The van der Waals surface area contributed by atoms with Crippen molar-refractivity contribution in [2.45, 2.75) is 123 Å². The second kappa shape index (κ2) is 18.1. The van der Waals surface area contributed by atoms with Gasteiger partial charge in [0, 0.05) is 0 Å². The highest BCUT2D eigenvalue weighted by atomic mass is 16.6. The van der Waals surface area contributed by atoms with Crippen molar-refractivity contribution >= 4 is 23.9 Å². The van der Waals surface area contributed by atoms with Gasteiger partial charge in [-0.15, -0.1) is 0 Å². The molecule has 0 heterocycles. The van der Waals surface area contributed by atoms with Gasteiger partial charge >= 0.3 is 12.1 Å². The van der Waals surface area contributed by atoms with Gasteiger partial charge in [0.25, 0.3) is 0 Å². The van der Waals surface area contributed by atoms with Gasteiger partial charge in [-0.3, -0.25) is 19.3 Å². The van der Waals surface area contributed by atoms with Gasteiger partial charge in [-0.25, -0.2) is 4.79 Å². The highest BCUT2D eigenvalue weighted by Crippen LogP contribution is 2.17. The molecule has 34 heavy (non-hydrogen) atoms. The molecule has 0 aromatic rings. The molecule has 0 saturated carbocycles. The second-order valence-corrected chi connectivity index (χ2v) is 9.87. The number of hydrogen-bond acceptors (Lipinski definition) is 5. The van der Waals surface area contributed by atoms with Gasteiger partial charge in [-0.2, -0.15) is 0 Å². The Morgan fingerprint density at radius 3 is 1.76 bits per heavy atom. The second-order valence-electron chi connectivity index (χ2n) is 9.87.